The number of hydrogen-bond acceptors (Lipinski definition) is 2. The fourth-order valence-electron chi connectivity index (χ4n) is 11.1. The van der Waals surface area contributed by atoms with Gasteiger partial charge in [0, 0.05) is 66.9 Å². The molecule has 0 saturated heterocycles. The highest BCUT2D eigenvalue weighted by molar-refractivity contribution is 7.00. The van der Waals surface area contributed by atoms with Crippen molar-refractivity contribution in [3.05, 3.63) is 260 Å². The van der Waals surface area contributed by atoms with Gasteiger partial charge >= 0.3 is 0 Å². The molecule has 71 heavy (non-hydrogen) atoms. The van der Waals surface area contributed by atoms with Crippen LogP contribution in [0, 0.1) is 0 Å². The highest BCUT2D eigenvalue weighted by atomic mass is 15.2. The van der Waals surface area contributed by atoms with E-state index in [4.69, 9.17) is 11.0 Å². The molecular weight excluding hydrogens is 860 g/mol. The molecule has 0 amide bonds. The Kier molecular flexibility index (Phi) is 5.94. The number of fused-ring (bicyclic) bond motifs is 10. The molecule has 0 fully saturated rings. The lowest BCUT2D eigenvalue weighted by molar-refractivity contribution is 1.17. The van der Waals surface area contributed by atoms with Gasteiger partial charge in [-0.1, -0.05) is 182 Å². The molecule has 0 spiro atoms. The number of rotatable bonds is 6. The Hall–Kier alpha value is -9.32. The molecule has 0 N–H and O–H groups in total. The van der Waals surface area contributed by atoms with E-state index < -0.39 is 103 Å². The second kappa shape index (κ2) is 15.6. The van der Waals surface area contributed by atoms with Crippen LogP contribution in [-0.2, 0) is 0 Å². The zero-order valence-corrected chi connectivity index (χ0v) is 37.5. The van der Waals surface area contributed by atoms with Crippen molar-refractivity contribution >= 4 is 101 Å². The maximum atomic E-state index is 9.43. The van der Waals surface area contributed by atoms with E-state index in [0.29, 0.717) is 22.7 Å². The molecule has 330 valence electrons. The van der Waals surface area contributed by atoms with Gasteiger partial charge in [-0.3, -0.25) is 0 Å². The first-order chi connectivity index (χ1) is 41.9. The summed E-state index contributed by atoms with van der Waals surface area (Å²) in [7, 11) is 0. The summed E-state index contributed by atoms with van der Waals surface area (Å²) >= 11 is 0. The van der Waals surface area contributed by atoms with Crippen molar-refractivity contribution in [2.75, 3.05) is 9.80 Å². The number of nitrogens with zero attached hydrogens (tertiary/aromatic N) is 4. The molecule has 0 bridgehead atoms. The van der Waals surface area contributed by atoms with Crippen molar-refractivity contribution in [3.63, 3.8) is 0 Å². The van der Waals surface area contributed by atoms with Crippen LogP contribution in [-0.4, -0.2) is 15.8 Å². The third-order valence-electron chi connectivity index (χ3n) is 14.0. The lowest BCUT2D eigenvalue weighted by Gasteiger charge is -2.44. The molecule has 15 rings (SSSR count). The van der Waals surface area contributed by atoms with Crippen molar-refractivity contribution in [3.8, 4) is 33.6 Å². The Morgan fingerprint density at radius 1 is 0.310 bits per heavy atom. The van der Waals surface area contributed by atoms with E-state index in [1.54, 1.807) is 12.1 Å². The van der Waals surface area contributed by atoms with Gasteiger partial charge in [0.2, 0.25) is 0 Å². The molecule has 4 heterocycles. The minimum atomic E-state index is -0.599. The molecule has 0 unspecified atom stereocenters. The minimum absolute atomic E-state index is 0.0258. The zero-order chi connectivity index (χ0) is 60.5. The molecular formula is C66H43BN4. The molecule has 0 saturated carbocycles. The average molecular weight is 919 g/mol. The van der Waals surface area contributed by atoms with Gasteiger partial charge < -0.3 is 18.9 Å². The lowest BCUT2D eigenvalue weighted by atomic mass is 9.33. The summed E-state index contributed by atoms with van der Waals surface area (Å²) in [6, 6.07) is 45.6. The number of para-hydroxylation sites is 5. The maximum Gasteiger partial charge on any atom is 0.252 e. The maximum absolute atomic E-state index is 9.43. The van der Waals surface area contributed by atoms with Gasteiger partial charge in [-0.2, -0.15) is 0 Å². The second-order valence-electron chi connectivity index (χ2n) is 17.7. The van der Waals surface area contributed by atoms with E-state index in [2.05, 4.69) is 15.9 Å². The molecule has 0 radical (unpaired) electrons. The average Bonchev–Trinajstić information content (AvgIpc) is 1.80. The van der Waals surface area contributed by atoms with Crippen LogP contribution in [0.2, 0.25) is 0 Å². The standard InChI is InChI=1S/C66H43BN4/c1-3-19-44(20-4-1)46-23-17-24-47(41-46)70-62-35-18-36-63-66(62)67(55-39-37-48(42-64(55)70)68-58-31-13-8-26-51(58)52-27-9-14-32-59(52)68)56-40-38-49(69-60-33-15-10-28-53(60)54-29-11-16-34-61(54)69)43-65(56)71(63)57-30-12-7-25-50(57)45-21-5-2-6-22-45/h1-43H/i8D,9D,10D,11D,13D,14D,15D,16D,26D,27D,28D,29D,31D,32D,33D,34D. The molecule has 2 aliphatic rings. The molecule has 13 aromatic rings. The molecule has 2 aliphatic heterocycles. The molecule has 5 heteroatoms. The van der Waals surface area contributed by atoms with Gasteiger partial charge in [-0.25, -0.2) is 0 Å². The first-order valence-electron chi connectivity index (χ1n) is 31.2. The summed E-state index contributed by atoms with van der Waals surface area (Å²) < 4.78 is 148. The topological polar surface area (TPSA) is 16.3 Å². The predicted octanol–water partition coefficient (Wildman–Crippen LogP) is 15.3. The summed E-state index contributed by atoms with van der Waals surface area (Å²) in [6.07, 6.45) is 0. The van der Waals surface area contributed by atoms with Crippen molar-refractivity contribution in [2.24, 2.45) is 0 Å². The summed E-state index contributed by atoms with van der Waals surface area (Å²) in [5, 5.41) is -0.203. The summed E-state index contributed by atoms with van der Waals surface area (Å²) in [4.78, 5) is 4.32. The van der Waals surface area contributed by atoms with Gasteiger partial charge in [0.25, 0.3) is 6.71 Å². The van der Waals surface area contributed by atoms with E-state index in [-0.39, 0.29) is 43.6 Å². The lowest BCUT2D eigenvalue weighted by Crippen LogP contribution is -2.61. The van der Waals surface area contributed by atoms with E-state index in [1.807, 2.05) is 146 Å². The van der Waals surface area contributed by atoms with Crippen LogP contribution in [0.3, 0.4) is 0 Å². The van der Waals surface area contributed by atoms with Crippen molar-refractivity contribution in [1.82, 2.24) is 9.13 Å². The van der Waals surface area contributed by atoms with E-state index >= 15 is 0 Å². The minimum Gasteiger partial charge on any atom is -0.311 e. The summed E-state index contributed by atoms with van der Waals surface area (Å²) in [5.74, 6) is 0. The molecule has 2 aromatic heterocycles. The second-order valence-corrected chi connectivity index (χ2v) is 17.7. The number of anilines is 6. The highest BCUT2D eigenvalue weighted by Gasteiger charge is 2.44. The Morgan fingerprint density at radius 2 is 0.746 bits per heavy atom. The van der Waals surface area contributed by atoms with Crippen LogP contribution < -0.4 is 26.2 Å². The summed E-state index contributed by atoms with van der Waals surface area (Å²) in [6.45, 7) is -0.599. The van der Waals surface area contributed by atoms with Gasteiger partial charge in [0.15, 0.2) is 0 Å². The van der Waals surface area contributed by atoms with Crippen molar-refractivity contribution < 1.29 is 21.9 Å². The van der Waals surface area contributed by atoms with Gasteiger partial charge in [0.1, 0.15) is 0 Å². The molecule has 11 aromatic carbocycles. The highest BCUT2D eigenvalue weighted by Crippen LogP contribution is 2.48. The van der Waals surface area contributed by atoms with Crippen LogP contribution in [0.25, 0.3) is 77.2 Å². The number of aromatic nitrogens is 2. The van der Waals surface area contributed by atoms with Crippen LogP contribution in [0.15, 0.2) is 260 Å². The van der Waals surface area contributed by atoms with Gasteiger partial charge in [0.05, 0.1) is 49.7 Å². The Balaban J connectivity index is 1.07. The fourth-order valence-corrected chi connectivity index (χ4v) is 11.1. The van der Waals surface area contributed by atoms with Crippen LogP contribution >= 0.6 is 0 Å². The zero-order valence-electron chi connectivity index (χ0n) is 53.5. The third-order valence-corrected chi connectivity index (χ3v) is 14.0. The van der Waals surface area contributed by atoms with Crippen molar-refractivity contribution in [2.45, 2.75) is 0 Å². The monoisotopic (exact) mass is 918 g/mol. The van der Waals surface area contributed by atoms with E-state index in [0.717, 1.165) is 61.4 Å². The molecule has 4 nitrogen and oxygen atoms in total. The van der Waals surface area contributed by atoms with Crippen LogP contribution in [0.1, 0.15) is 21.9 Å². The van der Waals surface area contributed by atoms with E-state index in [1.165, 1.54) is 9.13 Å². The SMILES string of the molecule is [2H]c1c([2H])c([2H])c2c(c1[2H])c1c([2H])c([2H])c([2H])c([2H])c1n2-c1ccc2c(c1)N(c1cccc(-c3ccccc3)c1)c1cccc3c1B2c1ccc(-n2c4c([2H])c([2H])c([2H])c([2H])c4c4c([2H])c([2H])c([2H])c([2H])c42)cc1N3c1ccccc1-c1ccccc1. The third kappa shape index (κ3) is 5.93. The Labute approximate surface area is 434 Å². The quantitative estimate of drug-likeness (QED) is 0.155. The van der Waals surface area contributed by atoms with Crippen LogP contribution in [0.5, 0.6) is 0 Å². The summed E-state index contributed by atoms with van der Waals surface area (Å²) in [5.41, 5.74) is 11.0. The van der Waals surface area contributed by atoms with Crippen LogP contribution in [0.4, 0.5) is 34.1 Å². The first kappa shape index (κ1) is 27.0. The Bertz CT molecular complexity index is 5070. The fraction of sp³-hybridized carbons (Fsp3) is 0. The molecule has 0 atom stereocenters. The smallest absolute Gasteiger partial charge is 0.252 e. The first-order valence-corrected chi connectivity index (χ1v) is 23.2. The molecule has 0 aliphatic carbocycles. The predicted molar refractivity (Wildman–Crippen MR) is 300 cm³/mol. The normalized spacial score (nSPS) is 15.9. The Morgan fingerprint density at radius 3 is 1.31 bits per heavy atom. The van der Waals surface area contributed by atoms with E-state index in [9.17, 15) is 11.0 Å². The van der Waals surface area contributed by atoms with Gasteiger partial charge in [-0.15, -0.1) is 0 Å². The largest absolute Gasteiger partial charge is 0.311 e. The van der Waals surface area contributed by atoms with Gasteiger partial charge in [-0.05, 0) is 112 Å². The number of hydrogen-bond donors (Lipinski definition) is 0. The number of benzene rings is 11. The van der Waals surface area contributed by atoms with Crippen molar-refractivity contribution in [1.29, 1.82) is 0 Å².